The van der Waals surface area contributed by atoms with E-state index in [4.69, 9.17) is 0 Å². The maximum atomic E-state index is 12.8. The van der Waals surface area contributed by atoms with Gasteiger partial charge in [-0.2, -0.15) is 0 Å². The van der Waals surface area contributed by atoms with Crippen LogP contribution in [0, 0.1) is 5.41 Å². The van der Waals surface area contributed by atoms with Gasteiger partial charge in [-0.1, -0.05) is 32.9 Å². The molecule has 1 N–H and O–H groups in total. The monoisotopic (exact) mass is 391 g/mol. The van der Waals surface area contributed by atoms with Crippen molar-refractivity contribution >= 4 is 35.2 Å². The van der Waals surface area contributed by atoms with Gasteiger partial charge in [-0.3, -0.25) is 14.4 Å². The summed E-state index contributed by atoms with van der Waals surface area (Å²) in [5, 5.41) is 2.86. The predicted molar refractivity (Wildman–Crippen MR) is 109 cm³/mol. The predicted octanol–water partition coefficient (Wildman–Crippen LogP) is 2.84. The van der Waals surface area contributed by atoms with Gasteiger partial charge in [0.05, 0.1) is 12.2 Å². The van der Waals surface area contributed by atoms with Crippen molar-refractivity contribution in [2.75, 3.05) is 31.7 Å². The Bertz CT molecular complexity index is 715. The highest BCUT2D eigenvalue weighted by atomic mass is 32.2. The molecule has 2 rings (SSSR count). The first-order chi connectivity index (χ1) is 12.6. The number of likely N-dealkylation sites (N-methyl/N-ethyl adjacent to an activating group) is 1. The van der Waals surface area contributed by atoms with Gasteiger partial charge in [0.2, 0.25) is 17.7 Å². The average Bonchev–Trinajstić information content (AvgIpc) is 3.09. The van der Waals surface area contributed by atoms with Crippen LogP contribution in [0.5, 0.6) is 0 Å². The van der Waals surface area contributed by atoms with Crippen LogP contribution in [-0.2, 0) is 14.4 Å². The first-order valence-electron chi connectivity index (χ1n) is 9.14. The van der Waals surface area contributed by atoms with E-state index in [2.05, 4.69) is 5.32 Å². The lowest BCUT2D eigenvalue weighted by Crippen LogP contribution is -2.50. The average molecular weight is 392 g/mol. The SMILES string of the molecule is CSc1ccccc1NC(=O)CN(C)C(=O)C1CCCN1C(=O)C(C)(C)C. The number of benzene rings is 1. The van der Waals surface area contributed by atoms with Crippen molar-refractivity contribution in [3.8, 4) is 0 Å². The molecule has 0 bridgehead atoms. The Kier molecular flexibility index (Phi) is 6.92. The zero-order valence-electron chi connectivity index (χ0n) is 16.7. The molecule has 1 atom stereocenters. The molecule has 1 aliphatic rings. The zero-order chi connectivity index (χ0) is 20.2. The van der Waals surface area contributed by atoms with Crippen molar-refractivity contribution in [2.24, 2.45) is 5.41 Å². The minimum atomic E-state index is -0.527. The van der Waals surface area contributed by atoms with Crippen molar-refractivity contribution in [1.29, 1.82) is 0 Å². The molecular weight excluding hydrogens is 362 g/mol. The lowest BCUT2D eigenvalue weighted by Gasteiger charge is -2.32. The second-order valence-electron chi connectivity index (χ2n) is 7.85. The second kappa shape index (κ2) is 8.78. The summed E-state index contributed by atoms with van der Waals surface area (Å²) in [6.07, 6.45) is 3.39. The van der Waals surface area contributed by atoms with Gasteiger partial charge < -0.3 is 15.1 Å². The second-order valence-corrected chi connectivity index (χ2v) is 8.70. The fraction of sp³-hybridized carbons (Fsp3) is 0.550. The Morgan fingerprint density at radius 3 is 2.56 bits per heavy atom. The van der Waals surface area contributed by atoms with Crippen molar-refractivity contribution < 1.29 is 14.4 Å². The number of likely N-dealkylation sites (tertiary alicyclic amines) is 1. The maximum absolute atomic E-state index is 12.8. The third-order valence-electron chi connectivity index (χ3n) is 4.58. The molecule has 0 radical (unpaired) electrons. The lowest BCUT2D eigenvalue weighted by atomic mass is 9.94. The summed E-state index contributed by atoms with van der Waals surface area (Å²) in [5.41, 5.74) is 0.210. The van der Waals surface area contributed by atoms with E-state index in [-0.39, 0.29) is 24.3 Å². The summed E-state index contributed by atoms with van der Waals surface area (Å²) in [5.74, 6) is -0.456. The van der Waals surface area contributed by atoms with Gasteiger partial charge in [0, 0.05) is 23.9 Å². The number of hydrogen-bond donors (Lipinski definition) is 1. The molecule has 3 amide bonds. The Morgan fingerprint density at radius 1 is 1.26 bits per heavy atom. The number of para-hydroxylation sites is 1. The smallest absolute Gasteiger partial charge is 0.245 e. The largest absolute Gasteiger partial charge is 0.335 e. The van der Waals surface area contributed by atoms with E-state index in [1.54, 1.807) is 23.7 Å². The third kappa shape index (κ3) is 5.25. The van der Waals surface area contributed by atoms with Crippen LogP contribution in [-0.4, -0.2) is 60.0 Å². The highest BCUT2D eigenvalue weighted by Crippen LogP contribution is 2.27. The standard InChI is InChI=1S/C20H29N3O3S/c1-20(2,3)19(26)23-12-8-10-15(23)18(25)22(4)13-17(24)21-14-9-6-7-11-16(14)27-5/h6-7,9,11,15H,8,10,12-13H2,1-5H3,(H,21,24). The molecule has 27 heavy (non-hydrogen) atoms. The Hall–Kier alpha value is -2.02. The van der Waals surface area contributed by atoms with E-state index in [9.17, 15) is 14.4 Å². The van der Waals surface area contributed by atoms with Crippen LogP contribution in [0.3, 0.4) is 0 Å². The van der Waals surface area contributed by atoms with E-state index >= 15 is 0 Å². The summed E-state index contributed by atoms with van der Waals surface area (Å²) in [6.45, 7) is 6.11. The summed E-state index contributed by atoms with van der Waals surface area (Å²) in [4.78, 5) is 41.9. The number of carbonyl (C=O) groups excluding carboxylic acids is 3. The number of hydrogen-bond acceptors (Lipinski definition) is 4. The van der Waals surface area contributed by atoms with Crippen LogP contribution < -0.4 is 5.32 Å². The normalized spacial score (nSPS) is 16.9. The topological polar surface area (TPSA) is 69.7 Å². The lowest BCUT2D eigenvalue weighted by molar-refractivity contribution is -0.148. The molecule has 6 nitrogen and oxygen atoms in total. The Morgan fingerprint density at radius 2 is 1.93 bits per heavy atom. The molecule has 7 heteroatoms. The molecule has 1 heterocycles. The van der Waals surface area contributed by atoms with E-state index in [1.807, 2.05) is 51.3 Å². The highest BCUT2D eigenvalue weighted by Gasteiger charge is 2.39. The summed E-state index contributed by atoms with van der Waals surface area (Å²) in [7, 11) is 1.61. The third-order valence-corrected chi connectivity index (χ3v) is 5.37. The number of nitrogens with zero attached hydrogens (tertiary/aromatic N) is 2. The van der Waals surface area contributed by atoms with Crippen LogP contribution in [0.2, 0.25) is 0 Å². The van der Waals surface area contributed by atoms with Crippen molar-refractivity contribution in [3.63, 3.8) is 0 Å². The van der Waals surface area contributed by atoms with Crippen LogP contribution in [0.4, 0.5) is 5.69 Å². The molecule has 1 unspecified atom stereocenters. The van der Waals surface area contributed by atoms with E-state index in [0.29, 0.717) is 13.0 Å². The molecular formula is C20H29N3O3S. The van der Waals surface area contributed by atoms with Gasteiger partial charge in [0.25, 0.3) is 0 Å². The fourth-order valence-electron chi connectivity index (χ4n) is 3.18. The first-order valence-corrected chi connectivity index (χ1v) is 10.4. The van der Waals surface area contributed by atoms with Gasteiger partial charge in [-0.05, 0) is 31.2 Å². The van der Waals surface area contributed by atoms with Gasteiger partial charge in [-0.25, -0.2) is 0 Å². The van der Waals surface area contributed by atoms with Gasteiger partial charge in [-0.15, -0.1) is 11.8 Å². The molecule has 1 aromatic rings. The summed E-state index contributed by atoms with van der Waals surface area (Å²) in [6, 6.07) is 7.07. The number of rotatable bonds is 5. The molecule has 0 aliphatic carbocycles. The molecule has 148 valence electrons. The van der Waals surface area contributed by atoms with Crippen LogP contribution >= 0.6 is 11.8 Å². The number of thioether (sulfide) groups is 1. The highest BCUT2D eigenvalue weighted by molar-refractivity contribution is 7.98. The first kappa shape index (κ1) is 21.3. The zero-order valence-corrected chi connectivity index (χ0v) is 17.6. The van der Waals surface area contributed by atoms with E-state index < -0.39 is 11.5 Å². The number of anilines is 1. The maximum Gasteiger partial charge on any atom is 0.245 e. The number of nitrogens with one attached hydrogen (secondary N) is 1. The molecule has 0 aromatic heterocycles. The summed E-state index contributed by atoms with van der Waals surface area (Å²) < 4.78 is 0. The van der Waals surface area contributed by atoms with Crippen molar-refractivity contribution in [2.45, 2.75) is 44.6 Å². The summed E-state index contributed by atoms with van der Waals surface area (Å²) >= 11 is 1.55. The number of amides is 3. The van der Waals surface area contributed by atoms with Crippen molar-refractivity contribution in [3.05, 3.63) is 24.3 Å². The molecule has 0 saturated carbocycles. The molecule has 1 aromatic carbocycles. The van der Waals surface area contributed by atoms with Crippen molar-refractivity contribution in [1.82, 2.24) is 9.80 Å². The van der Waals surface area contributed by atoms with Crippen LogP contribution in [0.1, 0.15) is 33.6 Å². The van der Waals surface area contributed by atoms with Gasteiger partial charge >= 0.3 is 0 Å². The van der Waals surface area contributed by atoms with E-state index in [0.717, 1.165) is 17.0 Å². The van der Waals surface area contributed by atoms with Gasteiger partial charge in [0.1, 0.15) is 6.04 Å². The molecule has 1 fully saturated rings. The molecule has 1 aliphatic heterocycles. The van der Waals surface area contributed by atoms with Gasteiger partial charge in [0.15, 0.2) is 0 Å². The van der Waals surface area contributed by atoms with Crippen LogP contribution in [0.15, 0.2) is 29.2 Å². The van der Waals surface area contributed by atoms with Crippen LogP contribution in [0.25, 0.3) is 0 Å². The van der Waals surface area contributed by atoms with E-state index in [1.165, 1.54) is 4.90 Å². The Balaban J connectivity index is 2.00. The fourth-order valence-corrected chi connectivity index (χ4v) is 3.74. The minimum Gasteiger partial charge on any atom is -0.335 e. The quantitative estimate of drug-likeness (QED) is 0.784. The molecule has 1 saturated heterocycles. The minimum absolute atomic E-state index is 0.0231. The number of carbonyl (C=O) groups is 3. The molecule has 0 spiro atoms. The Labute approximate surface area is 165 Å².